The van der Waals surface area contributed by atoms with Crippen molar-refractivity contribution in [2.24, 2.45) is 0 Å². The number of hydroxylamine groups is 2. The van der Waals surface area contributed by atoms with E-state index >= 15 is 0 Å². The fourth-order valence-electron chi connectivity index (χ4n) is 2.76. The molecule has 0 saturated heterocycles. The molecule has 1 heterocycles. The second kappa shape index (κ2) is 5.13. The second-order valence-corrected chi connectivity index (χ2v) is 5.17. The van der Waals surface area contributed by atoms with Crippen LogP contribution in [0.3, 0.4) is 0 Å². The number of hydrogen-bond donors (Lipinski definition) is 0. The standard InChI is InChI=1S/C15H17NO3/c17-14-12-9-5-6-10-13(12)15(18)16(14)19-11-7-3-1-2-4-8-11/h5-6,9-11H,1-4,7-8H2. The molecule has 19 heavy (non-hydrogen) atoms. The summed E-state index contributed by atoms with van der Waals surface area (Å²) in [5, 5.41) is 0.959. The maximum Gasteiger partial charge on any atom is 0.285 e. The molecule has 1 fully saturated rings. The number of hydrogen-bond acceptors (Lipinski definition) is 3. The Morgan fingerprint density at radius 1 is 0.895 bits per heavy atom. The molecule has 2 aliphatic rings. The first-order valence-electron chi connectivity index (χ1n) is 6.92. The highest BCUT2D eigenvalue weighted by atomic mass is 16.7. The zero-order chi connectivity index (χ0) is 13.2. The van der Waals surface area contributed by atoms with Crippen LogP contribution in [0.15, 0.2) is 24.3 Å². The third kappa shape index (κ3) is 2.28. The van der Waals surface area contributed by atoms with E-state index in [1.54, 1.807) is 24.3 Å². The summed E-state index contributed by atoms with van der Waals surface area (Å²) >= 11 is 0. The predicted molar refractivity (Wildman–Crippen MR) is 69.5 cm³/mol. The molecule has 0 unspecified atom stereocenters. The van der Waals surface area contributed by atoms with Gasteiger partial charge in [0, 0.05) is 0 Å². The van der Waals surface area contributed by atoms with Crippen molar-refractivity contribution >= 4 is 11.8 Å². The number of carbonyl (C=O) groups excluding carboxylic acids is 2. The summed E-state index contributed by atoms with van der Waals surface area (Å²) in [4.78, 5) is 30.0. The lowest BCUT2D eigenvalue weighted by Gasteiger charge is -2.20. The van der Waals surface area contributed by atoms with E-state index in [1.807, 2.05) is 0 Å². The first-order valence-corrected chi connectivity index (χ1v) is 6.92. The van der Waals surface area contributed by atoms with E-state index in [9.17, 15) is 9.59 Å². The molecular formula is C15H17NO3. The number of rotatable bonds is 2. The SMILES string of the molecule is O=C1c2ccccc2C(=O)N1OC1CCCCCC1. The van der Waals surface area contributed by atoms with E-state index in [1.165, 1.54) is 12.8 Å². The largest absolute Gasteiger partial charge is 0.285 e. The molecule has 2 amide bonds. The van der Waals surface area contributed by atoms with E-state index < -0.39 is 0 Å². The Kier molecular flexibility index (Phi) is 3.34. The number of imide groups is 1. The third-order valence-electron chi connectivity index (χ3n) is 3.81. The van der Waals surface area contributed by atoms with E-state index in [2.05, 4.69) is 0 Å². The fraction of sp³-hybridized carbons (Fsp3) is 0.467. The number of carbonyl (C=O) groups is 2. The van der Waals surface area contributed by atoms with Gasteiger partial charge in [-0.05, 0) is 25.0 Å². The third-order valence-corrected chi connectivity index (χ3v) is 3.81. The Labute approximate surface area is 112 Å². The summed E-state index contributed by atoms with van der Waals surface area (Å²) < 4.78 is 0. The van der Waals surface area contributed by atoms with Crippen molar-refractivity contribution in [1.82, 2.24) is 5.06 Å². The minimum absolute atomic E-state index is 0.00953. The molecule has 0 bridgehead atoms. The number of fused-ring (bicyclic) bond motifs is 1. The van der Waals surface area contributed by atoms with E-state index in [-0.39, 0.29) is 17.9 Å². The predicted octanol–water partition coefficient (Wildman–Crippen LogP) is 2.94. The lowest BCUT2D eigenvalue weighted by molar-refractivity contribution is -0.135. The van der Waals surface area contributed by atoms with Crippen LogP contribution in [0.4, 0.5) is 0 Å². The Morgan fingerprint density at radius 3 is 1.95 bits per heavy atom. The van der Waals surface area contributed by atoms with Gasteiger partial charge in [0.15, 0.2) is 0 Å². The molecule has 1 aromatic rings. The van der Waals surface area contributed by atoms with Crippen molar-refractivity contribution in [1.29, 1.82) is 0 Å². The van der Waals surface area contributed by atoms with Gasteiger partial charge in [0.05, 0.1) is 17.2 Å². The maximum absolute atomic E-state index is 12.1. The smallest absolute Gasteiger partial charge is 0.266 e. The summed E-state index contributed by atoms with van der Waals surface area (Å²) in [6.45, 7) is 0. The fourth-order valence-corrected chi connectivity index (χ4v) is 2.76. The van der Waals surface area contributed by atoms with Gasteiger partial charge in [0.1, 0.15) is 0 Å². The van der Waals surface area contributed by atoms with Gasteiger partial charge in [-0.3, -0.25) is 14.4 Å². The first kappa shape index (κ1) is 12.4. The highest BCUT2D eigenvalue weighted by molar-refractivity contribution is 6.20. The number of nitrogens with zero attached hydrogens (tertiary/aromatic N) is 1. The highest BCUT2D eigenvalue weighted by Crippen LogP contribution is 2.26. The van der Waals surface area contributed by atoms with Crippen molar-refractivity contribution in [2.75, 3.05) is 0 Å². The highest BCUT2D eigenvalue weighted by Gasteiger charge is 2.37. The number of amides is 2. The quantitative estimate of drug-likeness (QED) is 0.606. The summed E-state index contributed by atoms with van der Waals surface area (Å²) in [5.74, 6) is -0.658. The summed E-state index contributed by atoms with van der Waals surface area (Å²) in [6.07, 6.45) is 6.47. The molecule has 4 heteroatoms. The van der Waals surface area contributed by atoms with Gasteiger partial charge in [-0.15, -0.1) is 5.06 Å². The number of benzene rings is 1. The van der Waals surface area contributed by atoms with Crippen LogP contribution in [0.25, 0.3) is 0 Å². The summed E-state index contributed by atoms with van der Waals surface area (Å²) in [7, 11) is 0. The average Bonchev–Trinajstić information content (AvgIpc) is 2.65. The van der Waals surface area contributed by atoms with Crippen molar-refractivity contribution in [3.8, 4) is 0 Å². The van der Waals surface area contributed by atoms with Crippen LogP contribution in [0.5, 0.6) is 0 Å². The zero-order valence-electron chi connectivity index (χ0n) is 10.8. The van der Waals surface area contributed by atoms with E-state index in [0.29, 0.717) is 11.1 Å². The molecule has 1 aliphatic heterocycles. The molecule has 4 nitrogen and oxygen atoms in total. The topological polar surface area (TPSA) is 46.6 Å². The van der Waals surface area contributed by atoms with Crippen molar-refractivity contribution < 1.29 is 14.4 Å². The zero-order valence-corrected chi connectivity index (χ0v) is 10.8. The van der Waals surface area contributed by atoms with Gasteiger partial charge in [0.2, 0.25) is 0 Å². The molecule has 0 atom stereocenters. The van der Waals surface area contributed by atoms with Crippen molar-refractivity contribution in [3.63, 3.8) is 0 Å². The Bertz CT molecular complexity index is 469. The van der Waals surface area contributed by atoms with E-state index in [0.717, 1.165) is 30.7 Å². The molecule has 0 spiro atoms. The first-order chi connectivity index (χ1) is 9.27. The van der Waals surface area contributed by atoms with Gasteiger partial charge in [-0.2, -0.15) is 0 Å². The van der Waals surface area contributed by atoms with Crippen LogP contribution >= 0.6 is 0 Å². The summed E-state index contributed by atoms with van der Waals surface area (Å²) in [5.41, 5.74) is 0.891. The average molecular weight is 259 g/mol. The van der Waals surface area contributed by atoms with Crippen LogP contribution in [-0.2, 0) is 4.84 Å². The van der Waals surface area contributed by atoms with Crippen LogP contribution in [-0.4, -0.2) is 23.0 Å². The van der Waals surface area contributed by atoms with Gasteiger partial charge in [-0.25, -0.2) is 0 Å². The molecule has 100 valence electrons. The molecule has 0 N–H and O–H groups in total. The molecular weight excluding hydrogens is 242 g/mol. The Hall–Kier alpha value is -1.68. The van der Waals surface area contributed by atoms with Gasteiger partial charge in [-0.1, -0.05) is 37.8 Å². The van der Waals surface area contributed by atoms with Crippen LogP contribution in [0.2, 0.25) is 0 Å². The Morgan fingerprint density at radius 2 is 1.42 bits per heavy atom. The van der Waals surface area contributed by atoms with Gasteiger partial charge < -0.3 is 0 Å². The molecule has 0 aromatic heterocycles. The molecule has 3 rings (SSSR count). The van der Waals surface area contributed by atoms with Crippen LogP contribution in [0.1, 0.15) is 59.2 Å². The van der Waals surface area contributed by atoms with Crippen molar-refractivity contribution in [2.45, 2.75) is 44.6 Å². The minimum atomic E-state index is -0.329. The van der Waals surface area contributed by atoms with Crippen molar-refractivity contribution in [3.05, 3.63) is 35.4 Å². The lowest BCUT2D eigenvalue weighted by atomic mass is 10.1. The lowest BCUT2D eigenvalue weighted by Crippen LogP contribution is -2.34. The molecule has 1 saturated carbocycles. The normalized spacial score (nSPS) is 20.5. The van der Waals surface area contributed by atoms with E-state index in [4.69, 9.17) is 4.84 Å². The monoisotopic (exact) mass is 259 g/mol. The molecule has 1 aliphatic carbocycles. The molecule has 0 radical (unpaired) electrons. The molecule has 1 aromatic carbocycles. The summed E-state index contributed by atoms with van der Waals surface area (Å²) in [6, 6.07) is 6.87. The minimum Gasteiger partial charge on any atom is -0.266 e. The van der Waals surface area contributed by atoms with Crippen LogP contribution in [0, 0.1) is 0 Å². The van der Waals surface area contributed by atoms with Crippen LogP contribution < -0.4 is 0 Å². The maximum atomic E-state index is 12.1. The Balaban J connectivity index is 1.76. The van der Waals surface area contributed by atoms with Gasteiger partial charge >= 0.3 is 0 Å². The van der Waals surface area contributed by atoms with Gasteiger partial charge in [0.25, 0.3) is 11.8 Å². The second-order valence-electron chi connectivity index (χ2n) is 5.17.